The van der Waals surface area contributed by atoms with Crippen LogP contribution < -0.4 is 5.32 Å². The van der Waals surface area contributed by atoms with Crippen molar-refractivity contribution in [3.63, 3.8) is 0 Å². The van der Waals surface area contributed by atoms with Gasteiger partial charge < -0.3 is 10.4 Å². The Balaban J connectivity index is 2.14. The maximum absolute atomic E-state index is 10.6. The first-order valence-electron chi connectivity index (χ1n) is 6.32. The zero-order chi connectivity index (χ0) is 13.1. The van der Waals surface area contributed by atoms with E-state index >= 15 is 0 Å². The van der Waals surface area contributed by atoms with Crippen LogP contribution in [0.25, 0.3) is 0 Å². The SMILES string of the molecule is CC(C)c1cccc2c1NC(CCC(=O)O)CS2. The zero-order valence-corrected chi connectivity index (χ0v) is 11.6. The van der Waals surface area contributed by atoms with Gasteiger partial charge >= 0.3 is 5.97 Å². The number of anilines is 1. The molecule has 98 valence electrons. The van der Waals surface area contributed by atoms with Gasteiger partial charge in [-0.3, -0.25) is 4.79 Å². The van der Waals surface area contributed by atoms with E-state index in [9.17, 15) is 4.79 Å². The van der Waals surface area contributed by atoms with Crippen LogP contribution in [0.2, 0.25) is 0 Å². The monoisotopic (exact) mass is 265 g/mol. The molecule has 0 spiro atoms. The van der Waals surface area contributed by atoms with E-state index in [1.54, 1.807) is 0 Å². The van der Waals surface area contributed by atoms with Crippen LogP contribution in [0.4, 0.5) is 5.69 Å². The first-order chi connectivity index (χ1) is 8.58. The van der Waals surface area contributed by atoms with E-state index in [-0.39, 0.29) is 12.5 Å². The molecular formula is C14H19NO2S. The van der Waals surface area contributed by atoms with E-state index in [1.165, 1.54) is 16.1 Å². The highest BCUT2D eigenvalue weighted by molar-refractivity contribution is 7.99. The first-order valence-corrected chi connectivity index (χ1v) is 7.30. The summed E-state index contributed by atoms with van der Waals surface area (Å²) in [5.74, 6) is 0.706. The fourth-order valence-corrected chi connectivity index (χ4v) is 3.32. The molecule has 1 aliphatic heterocycles. The molecule has 0 saturated carbocycles. The fourth-order valence-electron chi connectivity index (χ4n) is 2.19. The maximum atomic E-state index is 10.6. The Morgan fingerprint density at radius 1 is 1.56 bits per heavy atom. The summed E-state index contributed by atoms with van der Waals surface area (Å²) in [5.41, 5.74) is 2.53. The number of rotatable bonds is 4. The number of para-hydroxylation sites is 1. The minimum atomic E-state index is -0.718. The van der Waals surface area contributed by atoms with Crippen molar-refractivity contribution in [2.24, 2.45) is 0 Å². The van der Waals surface area contributed by atoms with Gasteiger partial charge in [0.05, 0.1) is 5.69 Å². The second-order valence-electron chi connectivity index (χ2n) is 4.96. The van der Waals surface area contributed by atoms with Crippen molar-refractivity contribution in [2.45, 2.75) is 43.5 Å². The molecule has 2 N–H and O–H groups in total. The molecule has 1 aromatic rings. The van der Waals surface area contributed by atoms with E-state index in [2.05, 4.69) is 37.4 Å². The lowest BCUT2D eigenvalue weighted by Gasteiger charge is -2.29. The topological polar surface area (TPSA) is 49.3 Å². The summed E-state index contributed by atoms with van der Waals surface area (Å²) >= 11 is 1.82. The molecule has 1 atom stereocenters. The molecule has 1 heterocycles. The third-order valence-corrected chi connectivity index (χ3v) is 4.40. The smallest absolute Gasteiger partial charge is 0.303 e. The molecule has 18 heavy (non-hydrogen) atoms. The number of fused-ring (bicyclic) bond motifs is 1. The van der Waals surface area contributed by atoms with Crippen LogP contribution in [0.1, 0.15) is 38.2 Å². The van der Waals surface area contributed by atoms with Crippen LogP contribution in [0.3, 0.4) is 0 Å². The molecule has 0 saturated heterocycles. The van der Waals surface area contributed by atoms with Crippen LogP contribution >= 0.6 is 11.8 Å². The summed E-state index contributed by atoms with van der Waals surface area (Å²) in [7, 11) is 0. The highest BCUT2D eigenvalue weighted by atomic mass is 32.2. The molecule has 0 aromatic heterocycles. The Morgan fingerprint density at radius 2 is 2.33 bits per heavy atom. The minimum Gasteiger partial charge on any atom is -0.481 e. The van der Waals surface area contributed by atoms with Gasteiger partial charge in [0.15, 0.2) is 0 Å². The van der Waals surface area contributed by atoms with Crippen molar-refractivity contribution in [3.05, 3.63) is 23.8 Å². The standard InChI is InChI=1S/C14H19NO2S/c1-9(2)11-4-3-5-12-14(11)15-10(8-18-12)6-7-13(16)17/h3-5,9-10,15H,6-8H2,1-2H3,(H,16,17). The third-order valence-electron chi connectivity index (χ3n) is 3.18. The van der Waals surface area contributed by atoms with E-state index in [0.29, 0.717) is 12.3 Å². The average molecular weight is 265 g/mol. The quantitative estimate of drug-likeness (QED) is 0.874. The Morgan fingerprint density at radius 3 is 3.00 bits per heavy atom. The molecule has 4 heteroatoms. The largest absolute Gasteiger partial charge is 0.481 e. The zero-order valence-electron chi connectivity index (χ0n) is 10.8. The van der Waals surface area contributed by atoms with Crippen molar-refractivity contribution < 1.29 is 9.90 Å². The molecule has 0 fully saturated rings. The number of thioether (sulfide) groups is 1. The van der Waals surface area contributed by atoms with Crippen LogP contribution in [-0.2, 0) is 4.79 Å². The molecule has 1 unspecified atom stereocenters. The molecule has 0 amide bonds. The number of hydrogen-bond donors (Lipinski definition) is 2. The molecule has 1 aliphatic rings. The predicted molar refractivity (Wildman–Crippen MR) is 75.5 cm³/mol. The summed E-state index contributed by atoms with van der Waals surface area (Å²) in [4.78, 5) is 11.9. The van der Waals surface area contributed by atoms with Crippen molar-refractivity contribution in [3.8, 4) is 0 Å². The van der Waals surface area contributed by atoms with Crippen LogP contribution in [0, 0.1) is 0 Å². The van der Waals surface area contributed by atoms with E-state index in [4.69, 9.17) is 5.11 Å². The number of hydrogen-bond acceptors (Lipinski definition) is 3. The lowest BCUT2D eigenvalue weighted by molar-refractivity contribution is -0.137. The molecule has 1 aromatic carbocycles. The Labute approximate surface area is 112 Å². The van der Waals surface area contributed by atoms with Crippen molar-refractivity contribution >= 4 is 23.4 Å². The molecular weight excluding hydrogens is 246 g/mol. The van der Waals surface area contributed by atoms with Gasteiger partial charge in [0.25, 0.3) is 0 Å². The lowest BCUT2D eigenvalue weighted by Crippen LogP contribution is -2.27. The molecule has 0 bridgehead atoms. The van der Waals surface area contributed by atoms with Crippen LogP contribution in [-0.4, -0.2) is 22.9 Å². The van der Waals surface area contributed by atoms with E-state index in [1.807, 2.05) is 11.8 Å². The first kappa shape index (κ1) is 13.3. The molecule has 2 rings (SSSR count). The van der Waals surface area contributed by atoms with Crippen molar-refractivity contribution in [1.29, 1.82) is 0 Å². The molecule has 3 nitrogen and oxygen atoms in total. The van der Waals surface area contributed by atoms with E-state index < -0.39 is 5.97 Å². The second kappa shape index (κ2) is 5.65. The summed E-state index contributed by atoms with van der Waals surface area (Å²) < 4.78 is 0. The Bertz CT molecular complexity index is 445. The van der Waals surface area contributed by atoms with Gasteiger partial charge in [-0.05, 0) is 24.0 Å². The maximum Gasteiger partial charge on any atom is 0.303 e. The Kier molecular flexibility index (Phi) is 4.17. The predicted octanol–water partition coefficient (Wildman–Crippen LogP) is 3.56. The van der Waals surface area contributed by atoms with Gasteiger partial charge in [0.1, 0.15) is 0 Å². The minimum absolute atomic E-state index is 0.234. The lowest BCUT2D eigenvalue weighted by atomic mass is 10.00. The number of carbonyl (C=O) groups is 1. The summed E-state index contributed by atoms with van der Waals surface area (Å²) in [6.07, 6.45) is 0.922. The Hall–Kier alpha value is -1.16. The van der Waals surface area contributed by atoms with Gasteiger partial charge in [0, 0.05) is 23.1 Å². The highest BCUT2D eigenvalue weighted by Crippen LogP contribution is 2.39. The summed E-state index contributed by atoms with van der Waals surface area (Å²) in [5, 5.41) is 12.3. The number of aliphatic carboxylic acids is 1. The molecule has 0 aliphatic carbocycles. The number of nitrogens with one attached hydrogen (secondary N) is 1. The number of benzene rings is 1. The van der Waals surface area contributed by atoms with Crippen LogP contribution in [0.5, 0.6) is 0 Å². The van der Waals surface area contributed by atoms with Crippen molar-refractivity contribution in [2.75, 3.05) is 11.1 Å². The summed E-state index contributed by atoms with van der Waals surface area (Å²) in [6.45, 7) is 4.37. The van der Waals surface area contributed by atoms with Crippen LogP contribution in [0.15, 0.2) is 23.1 Å². The summed E-state index contributed by atoms with van der Waals surface area (Å²) in [6, 6.07) is 6.64. The highest BCUT2D eigenvalue weighted by Gasteiger charge is 2.21. The third kappa shape index (κ3) is 2.99. The van der Waals surface area contributed by atoms with Gasteiger partial charge in [-0.1, -0.05) is 26.0 Å². The number of carboxylic acid groups (broad SMARTS) is 1. The van der Waals surface area contributed by atoms with E-state index in [0.717, 1.165) is 5.75 Å². The van der Waals surface area contributed by atoms with Crippen molar-refractivity contribution in [1.82, 2.24) is 0 Å². The fraction of sp³-hybridized carbons (Fsp3) is 0.500. The normalized spacial score (nSPS) is 18.3. The molecule has 0 radical (unpaired) electrons. The number of carboxylic acids is 1. The second-order valence-corrected chi connectivity index (χ2v) is 6.02. The van der Waals surface area contributed by atoms with Gasteiger partial charge in [0.2, 0.25) is 0 Å². The average Bonchev–Trinajstić information content (AvgIpc) is 2.35. The van der Waals surface area contributed by atoms with Gasteiger partial charge in [-0.15, -0.1) is 11.8 Å². The van der Waals surface area contributed by atoms with Gasteiger partial charge in [-0.2, -0.15) is 0 Å². The van der Waals surface area contributed by atoms with Gasteiger partial charge in [-0.25, -0.2) is 0 Å².